The van der Waals surface area contributed by atoms with Gasteiger partial charge in [0.05, 0.1) is 19.8 Å². The minimum absolute atomic E-state index is 0. The van der Waals surface area contributed by atoms with Crippen molar-refractivity contribution in [1.29, 1.82) is 0 Å². The molecule has 120 valence electrons. The Labute approximate surface area is 140 Å². The first kappa shape index (κ1) is 17.1. The Morgan fingerprint density at radius 1 is 1.32 bits per heavy atom. The van der Waals surface area contributed by atoms with E-state index in [1.165, 1.54) is 10.4 Å². The van der Waals surface area contributed by atoms with E-state index >= 15 is 0 Å². The fourth-order valence-electron chi connectivity index (χ4n) is 2.44. The maximum Gasteiger partial charge on any atom is 0.177 e. The van der Waals surface area contributed by atoms with Crippen LogP contribution in [0.2, 0.25) is 5.02 Å². The van der Waals surface area contributed by atoms with Crippen molar-refractivity contribution < 1.29 is 4.74 Å². The molecule has 0 spiro atoms. The lowest BCUT2D eigenvalue weighted by atomic mass is 10.0. The van der Waals surface area contributed by atoms with Crippen molar-refractivity contribution in [3.8, 4) is 0 Å². The third kappa shape index (κ3) is 4.64. The quantitative estimate of drug-likeness (QED) is 0.909. The molecule has 1 N–H and O–H groups in total. The highest BCUT2D eigenvalue weighted by Crippen LogP contribution is 2.13. The van der Waals surface area contributed by atoms with Gasteiger partial charge in [0, 0.05) is 24.0 Å². The Morgan fingerprint density at radius 2 is 2.09 bits per heavy atom. The molecule has 2 heterocycles. The van der Waals surface area contributed by atoms with Crippen LogP contribution in [0.3, 0.4) is 0 Å². The van der Waals surface area contributed by atoms with Gasteiger partial charge in [-0.15, -0.1) is 22.6 Å². The van der Waals surface area contributed by atoms with Gasteiger partial charge in [-0.05, 0) is 29.3 Å². The van der Waals surface area contributed by atoms with Gasteiger partial charge in [-0.1, -0.05) is 23.7 Å². The molecule has 22 heavy (non-hydrogen) atoms. The smallest absolute Gasteiger partial charge is 0.177 e. The molecular weight excluding hydrogens is 325 g/mol. The summed E-state index contributed by atoms with van der Waals surface area (Å²) in [6, 6.07) is 8.28. The van der Waals surface area contributed by atoms with Crippen LogP contribution in [0.4, 0.5) is 0 Å². The van der Waals surface area contributed by atoms with Crippen LogP contribution in [0.5, 0.6) is 0 Å². The zero-order valence-electron chi connectivity index (χ0n) is 12.3. The first-order chi connectivity index (χ1) is 10.2. The van der Waals surface area contributed by atoms with Gasteiger partial charge in [-0.3, -0.25) is 0 Å². The molecule has 1 aromatic heterocycles. The molecule has 8 heteroatoms. The highest BCUT2D eigenvalue weighted by molar-refractivity contribution is 6.30. The first-order valence-electron chi connectivity index (χ1n) is 7.01. The average Bonchev–Trinajstić information content (AvgIpc) is 2.89. The summed E-state index contributed by atoms with van der Waals surface area (Å²) >= 11 is 5.89. The van der Waals surface area contributed by atoms with E-state index in [0.29, 0.717) is 19.1 Å². The number of aromatic nitrogens is 4. The standard InChI is InChI=1S/C14H18ClN5O.ClH/c1-20-18-14(17-19-20)7-13-8-16-12(9-21-13)6-10-2-4-11(15)5-3-10;/h2-5,12-13,16H,6-9H2,1H3;1H/t12-,13-;/m0./s1. The number of halogens is 2. The van der Waals surface area contributed by atoms with Crippen LogP contribution in [0.15, 0.2) is 24.3 Å². The zero-order valence-corrected chi connectivity index (χ0v) is 13.8. The summed E-state index contributed by atoms with van der Waals surface area (Å²) in [6.45, 7) is 1.49. The Bertz CT molecular complexity index is 581. The average molecular weight is 344 g/mol. The van der Waals surface area contributed by atoms with E-state index in [1.807, 2.05) is 12.1 Å². The van der Waals surface area contributed by atoms with Gasteiger partial charge in [0.2, 0.25) is 0 Å². The number of benzene rings is 1. The Morgan fingerprint density at radius 3 is 2.68 bits per heavy atom. The van der Waals surface area contributed by atoms with Gasteiger partial charge in [-0.2, -0.15) is 4.80 Å². The second-order valence-corrected chi connectivity index (χ2v) is 5.73. The van der Waals surface area contributed by atoms with Crippen molar-refractivity contribution in [3.63, 3.8) is 0 Å². The van der Waals surface area contributed by atoms with Crippen molar-refractivity contribution in [3.05, 3.63) is 40.7 Å². The predicted molar refractivity (Wildman–Crippen MR) is 86.4 cm³/mol. The van der Waals surface area contributed by atoms with Crippen LogP contribution in [-0.4, -0.2) is 45.5 Å². The lowest BCUT2D eigenvalue weighted by Gasteiger charge is -2.30. The highest BCUT2D eigenvalue weighted by atomic mass is 35.5. The Balaban J connectivity index is 0.00000176. The number of nitrogens with one attached hydrogen (secondary N) is 1. The van der Waals surface area contributed by atoms with Crippen molar-refractivity contribution in [1.82, 2.24) is 25.5 Å². The second kappa shape index (κ2) is 7.87. The number of rotatable bonds is 4. The van der Waals surface area contributed by atoms with Crippen LogP contribution < -0.4 is 5.32 Å². The van der Waals surface area contributed by atoms with Gasteiger partial charge >= 0.3 is 0 Å². The van der Waals surface area contributed by atoms with Gasteiger partial charge in [0.1, 0.15) is 0 Å². The molecule has 0 aliphatic carbocycles. The van der Waals surface area contributed by atoms with Gasteiger partial charge in [0.15, 0.2) is 5.82 Å². The molecule has 0 amide bonds. The molecular formula is C14H19Cl2N5O. The van der Waals surface area contributed by atoms with E-state index in [0.717, 1.165) is 23.8 Å². The van der Waals surface area contributed by atoms with Crippen molar-refractivity contribution in [2.75, 3.05) is 13.2 Å². The molecule has 1 fully saturated rings. The van der Waals surface area contributed by atoms with Crippen molar-refractivity contribution in [2.24, 2.45) is 7.05 Å². The molecule has 0 bridgehead atoms. The number of hydrogen-bond acceptors (Lipinski definition) is 5. The van der Waals surface area contributed by atoms with E-state index in [9.17, 15) is 0 Å². The lowest BCUT2D eigenvalue weighted by Crippen LogP contribution is -2.48. The molecule has 3 rings (SSSR count). The summed E-state index contributed by atoms with van der Waals surface area (Å²) in [4.78, 5) is 1.47. The number of morpholine rings is 1. The van der Waals surface area contributed by atoms with E-state index < -0.39 is 0 Å². The third-order valence-electron chi connectivity index (χ3n) is 3.52. The predicted octanol–water partition coefficient (Wildman–Crippen LogP) is 1.43. The summed E-state index contributed by atoms with van der Waals surface area (Å²) in [7, 11) is 1.76. The van der Waals surface area contributed by atoms with Gasteiger partial charge in [-0.25, -0.2) is 0 Å². The summed E-state index contributed by atoms with van der Waals surface area (Å²) in [5, 5.41) is 16.3. The molecule has 6 nitrogen and oxygen atoms in total. The largest absolute Gasteiger partial charge is 0.375 e. The van der Waals surface area contributed by atoms with Gasteiger partial charge < -0.3 is 10.1 Å². The molecule has 2 aromatic rings. The minimum atomic E-state index is 0. The van der Waals surface area contributed by atoms with Crippen molar-refractivity contribution in [2.45, 2.75) is 25.0 Å². The molecule has 0 saturated carbocycles. The number of tetrazole rings is 1. The second-order valence-electron chi connectivity index (χ2n) is 5.29. The fraction of sp³-hybridized carbons (Fsp3) is 0.500. The van der Waals surface area contributed by atoms with E-state index in [2.05, 4.69) is 32.9 Å². The molecule has 0 unspecified atom stereocenters. The number of hydrogen-bond donors (Lipinski definition) is 1. The maximum absolute atomic E-state index is 5.89. The highest BCUT2D eigenvalue weighted by Gasteiger charge is 2.22. The number of nitrogens with zero attached hydrogens (tertiary/aromatic N) is 4. The molecule has 0 radical (unpaired) electrons. The van der Waals surface area contributed by atoms with Crippen LogP contribution >= 0.6 is 24.0 Å². The molecule has 2 atom stereocenters. The van der Waals surface area contributed by atoms with Crippen molar-refractivity contribution >= 4 is 24.0 Å². The van der Waals surface area contributed by atoms with E-state index in [4.69, 9.17) is 16.3 Å². The van der Waals surface area contributed by atoms with Crippen LogP contribution in [0.25, 0.3) is 0 Å². The molecule has 1 aromatic carbocycles. The Hall–Kier alpha value is -1.21. The number of aryl methyl sites for hydroxylation is 1. The lowest BCUT2D eigenvalue weighted by molar-refractivity contribution is 0.00392. The minimum Gasteiger partial charge on any atom is -0.375 e. The van der Waals surface area contributed by atoms with E-state index in [-0.39, 0.29) is 18.5 Å². The molecule has 1 aliphatic heterocycles. The Kier molecular flexibility index (Phi) is 6.14. The SMILES string of the molecule is Cl.Cn1nnc(C[C@H]2CN[C@@H](Cc3ccc(Cl)cc3)CO2)n1. The zero-order chi connectivity index (χ0) is 14.7. The summed E-state index contributed by atoms with van der Waals surface area (Å²) < 4.78 is 5.89. The first-order valence-corrected chi connectivity index (χ1v) is 7.39. The van der Waals surface area contributed by atoms with E-state index in [1.54, 1.807) is 7.05 Å². The normalized spacial score (nSPS) is 21.4. The fourth-order valence-corrected chi connectivity index (χ4v) is 2.57. The monoisotopic (exact) mass is 343 g/mol. The number of ether oxygens (including phenoxy) is 1. The third-order valence-corrected chi connectivity index (χ3v) is 3.77. The van der Waals surface area contributed by atoms with Crippen LogP contribution in [-0.2, 0) is 24.6 Å². The molecule has 1 aliphatic rings. The summed E-state index contributed by atoms with van der Waals surface area (Å²) in [6.07, 6.45) is 1.73. The summed E-state index contributed by atoms with van der Waals surface area (Å²) in [5.41, 5.74) is 1.26. The topological polar surface area (TPSA) is 64.9 Å². The molecule has 1 saturated heterocycles. The van der Waals surface area contributed by atoms with Crippen LogP contribution in [0.1, 0.15) is 11.4 Å². The maximum atomic E-state index is 5.89. The van der Waals surface area contributed by atoms with Crippen LogP contribution in [0, 0.1) is 0 Å². The van der Waals surface area contributed by atoms with Gasteiger partial charge in [0.25, 0.3) is 0 Å². The summed E-state index contributed by atoms with van der Waals surface area (Å²) in [5.74, 6) is 0.723.